The number of carbonyl (C=O) groups excluding carboxylic acids is 3. The molecule has 1 N–H and O–H groups in total. The minimum atomic E-state index is -1.14. The first-order chi connectivity index (χ1) is 12.0. The lowest BCUT2D eigenvalue weighted by Gasteiger charge is -2.10. The monoisotopic (exact) mass is 349 g/mol. The minimum absolute atomic E-state index is 0.565. The van der Waals surface area contributed by atoms with E-state index >= 15 is 0 Å². The lowest BCUT2D eigenvalue weighted by atomic mass is 10.2. The molecule has 1 aromatic rings. The van der Waals surface area contributed by atoms with Gasteiger partial charge in [-0.25, -0.2) is 9.59 Å². The number of rotatable bonds is 4. The molecule has 0 saturated heterocycles. The van der Waals surface area contributed by atoms with E-state index in [1.807, 2.05) is 5.32 Å². The summed E-state index contributed by atoms with van der Waals surface area (Å²) in [6.07, 6.45) is 1.46. The van der Waals surface area contributed by atoms with Crippen LogP contribution in [0.5, 0.6) is 11.5 Å². The van der Waals surface area contributed by atoms with Gasteiger partial charge >= 0.3 is 12.1 Å². The van der Waals surface area contributed by atoms with E-state index in [2.05, 4.69) is 4.74 Å². The third kappa shape index (κ3) is 5.52. The number of amides is 2. The van der Waals surface area contributed by atoms with Gasteiger partial charge in [0.15, 0.2) is 17.6 Å². The van der Waals surface area contributed by atoms with Gasteiger partial charge in [-0.3, -0.25) is 10.1 Å². The second kappa shape index (κ2) is 8.72. The number of nitrogens with one attached hydrogen (secondary N) is 1. The lowest BCUT2D eigenvalue weighted by molar-refractivity contribution is -0.149. The standard InChI is InChI=1S/C17H19NO7/c1-11(16(20)18-17(21)22-2)25-15(19)7-5-12-4-6-13-14(10-12)24-9-3-8-23-13/h4-7,10-11H,3,8-9H2,1-2H3,(H,18,20,21)/b7-5+/t11-/m0/s1. The highest BCUT2D eigenvalue weighted by Gasteiger charge is 2.19. The molecule has 8 heteroatoms. The first-order valence-electron chi connectivity index (χ1n) is 7.66. The quantitative estimate of drug-likeness (QED) is 0.652. The van der Waals surface area contributed by atoms with Crippen molar-refractivity contribution >= 4 is 24.0 Å². The molecule has 1 heterocycles. The van der Waals surface area contributed by atoms with E-state index < -0.39 is 24.1 Å². The molecule has 0 aliphatic carbocycles. The molecule has 0 bridgehead atoms. The number of benzene rings is 1. The molecule has 1 atom stereocenters. The molecule has 2 amide bonds. The van der Waals surface area contributed by atoms with Crippen molar-refractivity contribution in [3.8, 4) is 11.5 Å². The topological polar surface area (TPSA) is 100 Å². The summed E-state index contributed by atoms with van der Waals surface area (Å²) in [5, 5.41) is 1.92. The minimum Gasteiger partial charge on any atom is -0.490 e. The van der Waals surface area contributed by atoms with Gasteiger partial charge in [-0.05, 0) is 30.7 Å². The lowest BCUT2D eigenvalue weighted by Crippen LogP contribution is -2.39. The van der Waals surface area contributed by atoms with Gasteiger partial charge in [0.1, 0.15) is 0 Å². The van der Waals surface area contributed by atoms with E-state index in [0.29, 0.717) is 30.3 Å². The molecule has 0 aromatic heterocycles. The number of carbonyl (C=O) groups is 3. The Labute approximate surface area is 144 Å². The number of fused-ring (bicyclic) bond motifs is 1. The Morgan fingerprint density at radius 2 is 1.92 bits per heavy atom. The van der Waals surface area contributed by atoms with Gasteiger partial charge in [0.25, 0.3) is 5.91 Å². The number of esters is 1. The van der Waals surface area contributed by atoms with Gasteiger partial charge in [-0.2, -0.15) is 0 Å². The van der Waals surface area contributed by atoms with Crippen LogP contribution in [0.4, 0.5) is 4.79 Å². The van der Waals surface area contributed by atoms with Crippen LogP contribution in [0.1, 0.15) is 18.9 Å². The summed E-state index contributed by atoms with van der Waals surface area (Å²) in [6, 6.07) is 5.28. The molecule has 134 valence electrons. The number of ether oxygens (including phenoxy) is 4. The summed E-state index contributed by atoms with van der Waals surface area (Å²) in [6.45, 7) is 2.51. The van der Waals surface area contributed by atoms with Crippen LogP contribution >= 0.6 is 0 Å². The molecular weight excluding hydrogens is 330 g/mol. The highest BCUT2D eigenvalue weighted by molar-refractivity contribution is 5.96. The predicted octanol–water partition coefficient (Wildman–Crippen LogP) is 1.68. The van der Waals surface area contributed by atoms with Gasteiger partial charge in [0.2, 0.25) is 0 Å². The van der Waals surface area contributed by atoms with Crippen molar-refractivity contribution in [2.24, 2.45) is 0 Å². The Hall–Kier alpha value is -3.03. The second-order valence-corrected chi connectivity index (χ2v) is 5.15. The van der Waals surface area contributed by atoms with Gasteiger partial charge in [0.05, 0.1) is 20.3 Å². The van der Waals surface area contributed by atoms with Crippen molar-refractivity contribution in [2.45, 2.75) is 19.4 Å². The average molecular weight is 349 g/mol. The SMILES string of the molecule is COC(=O)NC(=O)[C@H](C)OC(=O)/C=C/c1ccc2c(c1)OCCCO2. The van der Waals surface area contributed by atoms with Gasteiger partial charge in [-0.1, -0.05) is 6.07 Å². The molecule has 0 radical (unpaired) electrons. The van der Waals surface area contributed by atoms with Crippen LogP contribution in [0.2, 0.25) is 0 Å². The largest absolute Gasteiger partial charge is 0.490 e. The molecule has 0 fully saturated rings. The van der Waals surface area contributed by atoms with Crippen LogP contribution in [0, 0.1) is 0 Å². The van der Waals surface area contributed by atoms with Crippen LogP contribution < -0.4 is 14.8 Å². The third-order valence-corrected chi connectivity index (χ3v) is 3.26. The number of imide groups is 1. The smallest absolute Gasteiger partial charge is 0.413 e. The van der Waals surface area contributed by atoms with Crippen LogP contribution in [0.15, 0.2) is 24.3 Å². The number of alkyl carbamates (subject to hydrolysis) is 1. The molecule has 1 aromatic carbocycles. The van der Waals surface area contributed by atoms with Crippen molar-refractivity contribution in [3.63, 3.8) is 0 Å². The van der Waals surface area contributed by atoms with Crippen molar-refractivity contribution in [1.82, 2.24) is 5.32 Å². The van der Waals surface area contributed by atoms with Gasteiger partial charge in [0, 0.05) is 12.5 Å². The molecule has 0 spiro atoms. The van der Waals surface area contributed by atoms with Crippen molar-refractivity contribution in [1.29, 1.82) is 0 Å². The fraction of sp³-hybridized carbons (Fsp3) is 0.353. The molecular formula is C17H19NO7. The third-order valence-electron chi connectivity index (χ3n) is 3.26. The summed E-state index contributed by atoms with van der Waals surface area (Å²) < 4.78 is 20.3. The molecule has 0 unspecified atom stereocenters. The van der Waals surface area contributed by atoms with E-state index in [1.165, 1.54) is 19.1 Å². The van der Waals surface area contributed by atoms with Crippen LogP contribution in [-0.4, -0.2) is 44.4 Å². The van der Waals surface area contributed by atoms with E-state index in [1.54, 1.807) is 18.2 Å². The van der Waals surface area contributed by atoms with E-state index in [0.717, 1.165) is 13.5 Å². The van der Waals surface area contributed by atoms with Crippen molar-refractivity contribution in [2.75, 3.05) is 20.3 Å². The second-order valence-electron chi connectivity index (χ2n) is 5.15. The Balaban J connectivity index is 1.92. The molecule has 25 heavy (non-hydrogen) atoms. The summed E-state index contributed by atoms with van der Waals surface area (Å²) in [7, 11) is 1.12. The Kier molecular flexibility index (Phi) is 6.39. The summed E-state index contributed by atoms with van der Waals surface area (Å²) in [5.41, 5.74) is 0.716. The van der Waals surface area contributed by atoms with Gasteiger partial charge in [-0.15, -0.1) is 0 Å². The zero-order chi connectivity index (χ0) is 18.2. The van der Waals surface area contributed by atoms with E-state index in [-0.39, 0.29) is 0 Å². The number of methoxy groups -OCH3 is 1. The van der Waals surface area contributed by atoms with Crippen LogP contribution in [-0.2, 0) is 19.1 Å². The number of hydrogen-bond acceptors (Lipinski definition) is 7. The molecule has 1 aliphatic heterocycles. The first kappa shape index (κ1) is 18.3. The maximum atomic E-state index is 11.8. The van der Waals surface area contributed by atoms with Gasteiger partial charge < -0.3 is 18.9 Å². The van der Waals surface area contributed by atoms with Crippen LogP contribution in [0.3, 0.4) is 0 Å². The maximum absolute atomic E-state index is 11.8. The van der Waals surface area contributed by atoms with Crippen LogP contribution in [0.25, 0.3) is 6.08 Å². The van der Waals surface area contributed by atoms with E-state index in [4.69, 9.17) is 14.2 Å². The zero-order valence-electron chi connectivity index (χ0n) is 13.9. The zero-order valence-corrected chi connectivity index (χ0v) is 13.9. The Morgan fingerprint density at radius 3 is 2.64 bits per heavy atom. The number of hydrogen-bond donors (Lipinski definition) is 1. The fourth-order valence-electron chi connectivity index (χ4n) is 1.97. The molecule has 8 nitrogen and oxygen atoms in total. The Bertz CT molecular complexity index is 684. The Morgan fingerprint density at radius 1 is 1.20 bits per heavy atom. The summed E-state index contributed by atoms with van der Waals surface area (Å²) in [4.78, 5) is 34.3. The highest BCUT2D eigenvalue weighted by atomic mass is 16.6. The predicted molar refractivity (Wildman–Crippen MR) is 87.2 cm³/mol. The normalized spacial score (nSPS) is 14.3. The summed E-state index contributed by atoms with van der Waals surface area (Å²) in [5.74, 6) is -0.229. The van der Waals surface area contributed by atoms with E-state index in [9.17, 15) is 14.4 Å². The highest BCUT2D eigenvalue weighted by Crippen LogP contribution is 2.30. The first-order valence-corrected chi connectivity index (χ1v) is 7.66. The van der Waals surface area contributed by atoms with Crippen molar-refractivity contribution < 1.29 is 33.3 Å². The molecule has 2 rings (SSSR count). The molecule has 1 aliphatic rings. The summed E-state index contributed by atoms with van der Waals surface area (Å²) >= 11 is 0. The van der Waals surface area contributed by atoms with Crippen molar-refractivity contribution in [3.05, 3.63) is 29.8 Å². The fourth-order valence-corrected chi connectivity index (χ4v) is 1.97. The average Bonchev–Trinajstić information content (AvgIpc) is 2.84. The maximum Gasteiger partial charge on any atom is 0.413 e. The molecule has 0 saturated carbocycles.